The molecule has 82 valence electrons. The molecule has 0 aromatic carbocycles. The van der Waals surface area contributed by atoms with E-state index in [1.165, 1.54) is 7.05 Å². The Hall–Kier alpha value is -1.35. The number of primary amides is 1. The molecule has 0 heterocycles. The number of imide groups is 1. The van der Waals surface area contributed by atoms with Gasteiger partial charge in [-0.25, -0.2) is 9.59 Å². The van der Waals surface area contributed by atoms with Gasteiger partial charge in [-0.05, 0) is 0 Å². The average Bonchev–Trinajstić information content (AvgIpc) is 1.97. The molecule has 4 N–H and O–H groups in total. The van der Waals surface area contributed by atoms with Crippen LogP contribution in [0.25, 0.3) is 0 Å². The van der Waals surface area contributed by atoms with E-state index in [-0.39, 0.29) is 6.54 Å². The lowest BCUT2D eigenvalue weighted by Gasteiger charge is -2.15. The third-order valence-corrected chi connectivity index (χ3v) is 1.96. The maximum atomic E-state index is 10.9. The van der Waals surface area contributed by atoms with E-state index >= 15 is 0 Å². The largest absolute Gasteiger partial charge is 0.351 e. The van der Waals surface area contributed by atoms with E-state index in [1.807, 2.05) is 0 Å². The van der Waals surface area contributed by atoms with Gasteiger partial charge in [0.15, 0.2) is 0 Å². The van der Waals surface area contributed by atoms with Crippen LogP contribution >= 0.6 is 0 Å². The van der Waals surface area contributed by atoms with Crippen molar-refractivity contribution in [3.63, 3.8) is 0 Å². The van der Waals surface area contributed by atoms with Crippen molar-refractivity contribution in [2.24, 2.45) is 5.73 Å². The summed E-state index contributed by atoms with van der Waals surface area (Å²) in [6.45, 7) is -0.238. The fourth-order valence-electron chi connectivity index (χ4n) is 0.555. The lowest BCUT2D eigenvalue weighted by atomic mass is 10.6. The molecule has 0 radical (unpaired) electrons. The molecule has 0 spiro atoms. The number of nitrogens with two attached hydrogens (primary N) is 1. The molecule has 0 aromatic heterocycles. The van der Waals surface area contributed by atoms with Crippen LogP contribution in [-0.4, -0.2) is 49.3 Å². The fourth-order valence-corrected chi connectivity index (χ4v) is 1.06. The first kappa shape index (κ1) is 12.7. The van der Waals surface area contributed by atoms with Crippen molar-refractivity contribution in [3.05, 3.63) is 0 Å². The van der Waals surface area contributed by atoms with Crippen LogP contribution in [0.15, 0.2) is 0 Å². The molecular weight excluding hydrogens is 214 g/mol. The molecule has 0 aliphatic heterocycles. The zero-order chi connectivity index (χ0) is 11.4. The number of carbonyl (C=O) groups is 2. The standard InChI is InChI=1S/C5H11N3O5S/c1-8(2-3-14(11,12)13)5(10)7-4(6)9/h2-3H2,1H3,(H,11,12,13)(H3,6,7,9,10). The second-order valence-corrected chi connectivity index (χ2v) is 4.07. The van der Waals surface area contributed by atoms with Crippen molar-refractivity contribution in [3.8, 4) is 0 Å². The summed E-state index contributed by atoms with van der Waals surface area (Å²) in [5.74, 6) is -0.602. The highest BCUT2D eigenvalue weighted by Crippen LogP contribution is 1.88. The van der Waals surface area contributed by atoms with Gasteiger partial charge in [-0.15, -0.1) is 0 Å². The highest BCUT2D eigenvalue weighted by atomic mass is 32.2. The van der Waals surface area contributed by atoms with Crippen LogP contribution in [0.3, 0.4) is 0 Å². The van der Waals surface area contributed by atoms with Crippen molar-refractivity contribution in [2.45, 2.75) is 0 Å². The Morgan fingerprint density at radius 1 is 1.50 bits per heavy atom. The highest BCUT2D eigenvalue weighted by molar-refractivity contribution is 7.85. The fraction of sp³-hybridized carbons (Fsp3) is 0.600. The molecule has 4 amide bonds. The maximum Gasteiger partial charge on any atom is 0.325 e. The topological polar surface area (TPSA) is 130 Å². The van der Waals surface area contributed by atoms with Gasteiger partial charge in [0.1, 0.15) is 0 Å². The Labute approximate surface area is 80.8 Å². The van der Waals surface area contributed by atoms with Crippen molar-refractivity contribution in [1.29, 1.82) is 0 Å². The normalized spacial score (nSPS) is 10.7. The molecule has 0 aromatic rings. The summed E-state index contributed by atoms with van der Waals surface area (Å²) >= 11 is 0. The number of amides is 4. The van der Waals surface area contributed by atoms with E-state index in [0.717, 1.165) is 4.90 Å². The Kier molecular flexibility index (Phi) is 4.31. The monoisotopic (exact) mass is 225 g/mol. The predicted octanol–water partition coefficient (Wildman–Crippen LogP) is -1.41. The number of rotatable bonds is 3. The van der Waals surface area contributed by atoms with Crippen LogP contribution in [0.1, 0.15) is 0 Å². The summed E-state index contributed by atoms with van der Waals surface area (Å²) in [5, 5.41) is 1.73. The zero-order valence-corrected chi connectivity index (χ0v) is 8.24. The van der Waals surface area contributed by atoms with Gasteiger partial charge in [0.2, 0.25) is 0 Å². The van der Waals surface area contributed by atoms with Gasteiger partial charge in [0.25, 0.3) is 10.1 Å². The molecule has 0 saturated heterocycles. The molecule has 0 atom stereocenters. The Morgan fingerprint density at radius 2 is 2.00 bits per heavy atom. The Balaban J connectivity index is 4.03. The first-order valence-electron chi connectivity index (χ1n) is 3.49. The van der Waals surface area contributed by atoms with E-state index in [4.69, 9.17) is 4.55 Å². The minimum Gasteiger partial charge on any atom is -0.351 e. The van der Waals surface area contributed by atoms with Crippen molar-refractivity contribution in [1.82, 2.24) is 10.2 Å². The first-order chi connectivity index (χ1) is 6.22. The predicted molar refractivity (Wildman–Crippen MR) is 47.2 cm³/mol. The van der Waals surface area contributed by atoms with Crippen molar-refractivity contribution in [2.75, 3.05) is 19.3 Å². The number of nitrogens with zero attached hydrogens (tertiary/aromatic N) is 1. The lowest BCUT2D eigenvalue weighted by Crippen LogP contribution is -2.44. The third kappa shape index (κ3) is 6.20. The molecule has 8 nitrogen and oxygen atoms in total. The van der Waals surface area contributed by atoms with Gasteiger partial charge in [-0.3, -0.25) is 9.87 Å². The van der Waals surface area contributed by atoms with Gasteiger partial charge in [0, 0.05) is 13.6 Å². The second-order valence-electron chi connectivity index (χ2n) is 2.50. The highest BCUT2D eigenvalue weighted by Gasteiger charge is 2.13. The molecule has 0 rings (SSSR count). The molecule has 0 aliphatic rings. The Morgan fingerprint density at radius 3 is 2.36 bits per heavy atom. The summed E-state index contributed by atoms with van der Waals surface area (Å²) < 4.78 is 28.9. The number of carbonyl (C=O) groups excluding carboxylic acids is 2. The quantitative estimate of drug-likeness (QED) is 0.508. The average molecular weight is 225 g/mol. The maximum absolute atomic E-state index is 10.9. The van der Waals surface area contributed by atoms with Crippen molar-refractivity contribution >= 4 is 22.2 Å². The summed E-state index contributed by atoms with van der Waals surface area (Å²) in [5.41, 5.74) is 4.65. The molecule has 9 heteroatoms. The number of nitrogens with one attached hydrogen (secondary N) is 1. The second kappa shape index (κ2) is 4.77. The van der Waals surface area contributed by atoms with Gasteiger partial charge >= 0.3 is 12.1 Å². The molecular formula is C5H11N3O5S. The van der Waals surface area contributed by atoms with Crippen LogP contribution in [-0.2, 0) is 10.1 Å². The van der Waals surface area contributed by atoms with E-state index in [9.17, 15) is 18.0 Å². The lowest BCUT2D eigenvalue weighted by molar-refractivity contribution is 0.208. The molecule has 0 fully saturated rings. The van der Waals surface area contributed by atoms with E-state index in [1.54, 1.807) is 5.32 Å². The van der Waals surface area contributed by atoms with Crippen LogP contribution in [0.2, 0.25) is 0 Å². The van der Waals surface area contributed by atoms with Crippen molar-refractivity contribution < 1.29 is 22.6 Å². The Bertz CT molecular complexity index is 324. The summed E-state index contributed by atoms with van der Waals surface area (Å²) in [6, 6.07) is -1.87. The summed E-state index contributed by atoms with van der Waals surface area (Å²) in [7, 11) is -2.87. The van der Waals surface area contributed by atoms with Crippen LogP contribution in [0.5, 0.6) is 0 Å². The van der Waals surface area contributed by atoms with Crippen LogP contribution in [0.4, 0.5) is 9.59 Å². The minimum absolute atomic E-state index is 0.238. The molecule has 0 unspecified atom stereocenters. The smallest absolute Gasteiger partial charge is 0.325 e. The van der Waals surface area contributed by atoms with Gasteiger partial charge in [-0.1, -0.05) is 0 Å². The summed E-state index contributed by atoms with van der Waals surface area (Å²) in [6.07, 6.45) is 0. The van der Waals surface area contributed by atoms with E-state index in [2.05, 4.69) is 5.73 Å². The molecule has 0 saturated carbocycles. The SMILES string of the molecule is CN(CCS(=O)(=O)O)C(=O)NC(N)=O. The van der Waals surface area contributed by atoms with E-state index < -0.39 is 27.9 Å². The zero-order valence-electron chi connectivity index (χ0n) is 7.43. The number of hydrogen-bond acceptors (Lipinski definition) is 4. The van der Waals surface area contributed by atoms with Gasteiger partial charge in [-0.2, -0.15) is 8.42 Å². The third-order valence-electron chi connectivity index (χ3n) is 1.26. The minimum atomic E-state index is -4.12. The van der Waals surface area contributed by atoms with Crippen LogP contribution in [0, 0.1) is 0 Å². The summed E-state index contributed by atoms with van der Waals surface area (Å²) in [4.78, 5) is 22.0. The number of urea groups is 2. The van der Waals surface area contributed by atoms with Gasteiger partial charge in [0.05, 0.1) is 5.75 Å². The molecule has 0 bridgehead atoms. The first-order valence-corrected chi connectivity index (χ1v) is 5.10. The molecule has 0 aliphatic carbocycles. The van der Waals surface area contributed by atoms with Crippen LogP contribution < -0.4 is 11.1 Å². The number of hydrogen-bond donors (Lipinski definition) is 3. The van der Waals surface area contributed by atoms with Gasteiger partial charge < -0.3 is 10.6 Å². The van der Waals surface area contributed by atoms with E-state index in [0.29, 0.717) is 0 Å². The molecule has 14 heavy (non-hydrogen) atoms.